The van der Waals surface area contributed by atoms with E-state index in [4.69, 9.17) is 5.73 Å². The number of nitrogens with zero attached hydrogens (tertiary/aromatic N) is 1. The van der Waals surface area contributed by atoms with Gasteiger partial charge in [-0.05, 0) is 18.1 Å². The van der Waals surface area contributed by atoms with Crippen LogP contribution in [-0.4, -0.2) is 35.4 Å². The molecule has 1 atom stereocenters. The number of hydrogen-bond acceptors (Lipinski definition) is 2. The van der Waals surface area contributed by atoms with Crippen LogP contribution in [-0.2, 0) is 11.2 Å². The van der Waals surface area contributed by atoms with Gasteiger partial charge in [0.1, 0.15) is 0 Å². The van der Waals surface area contributed by atoms with E-state index in [1.54, 1.807) is 18.0 Å². The summed E-state index contributed by atoms with van der Waals surface area (Å²) < 4.78 is 0. The maximum absolute atomic E-state index is 12.0. The third-order valence-corrected chi connectivity index (χ3v) is 3.21. The van der Waals surface area contributed by atoms with Gasteiger partial charge in [0.05, 0.1) is 6.04 Å². The van der Waals surface area contributed by atoms with Gasteiger partial charge in [-0.3, -0.25) is 4.79 Å². The number of amides is 1. The van der Waals surface area contributed by atoms with Crippen molar-refractivity contribution in [3.63, 3.8) is 0 Å². The first-order chi connectivity index (χ1) is 9.13. The first kappa shape index (κ1) is 13.4. The number of fused-ring (bicyclic) bond motifs is 1. The van der Waals surface area contributed by atoms with Gasteiger partial charge in [0.25, 0.3) is 0 Å². The molecule has 0 bridgehead atoms. The standard InChI is InChI=1S/C15H19N3O/c1-3-8-18(2)15(19)13(16)9-11-10-17-14-7-5-4-6-12(11)14/h3-7,10,13,17H,1,8-9,16H2,2H3/t13-/m1/s1. The van der Waals surface area contributed by atoms with Crippen molar-refractivity contribution in [3.8, 4) is 0 Å². The van der Waals surface area contributed by atoms with E-state index < -0.39 is 6.04 Å². The molecular weight excluding hydrogens is 238 g/mol. The number of aromatic nitrogens is 1. The average molecular weight is 257 g/mol. The van der Waals surface area contributed by atoms with Gasteiger partial charge in [-0.2, -0.15) is 0 Å². The normalized spacial score (nSPS) is 12.3. The molecule has 19 heavy (non-hydrogen) atoms. The first-order valence-corrected chi connectivity index (χ1v) is 6.30. The highest BCUT2D eigenvalue weighted by molar-refractivity contribution is 5.86. The fourth-order valence-electron chi connectivity index (χ4n) is 2.19. The van der Waals surface area contributed by atoms with E-state index >= 15 is 0 Å². The smallest absolute Gasteiger partial charge is 0.239 e. The molecule has 1 aromatic carbocycles. The van der Waals surface area contributed by atoms with Crippen LogP contribution >= 0.6 is 0 Å². The van der Waals surface area contributed by atoms with Gasteiger partial charge >= 0.3 is 0 Å². The number of rotatable bonds is 5. The highest BCUT2D eigenvalue weighted by Gasteiger charge is 2.18. The minimum absolute atomic E-state index is 0.0646. The fraction of sp³-hybridized carbons (Fsp3) is 0.267. The molecule has 1 aromatic heterocycles. The van der Waals surface area contributed by atoms with E-state index in [1.165, 1.54) is 0 Å². The zero-order valence-electron chi connectivity index (χ0n) is 11.1. The summed E-state index contributed by atoms with van der Waals surface area (Å²) in [5.74, 6) is -0.0646. The number of para-hydroxylation sites is 1. The van der Waals surface area contributed by atoms with E-state index in [9.17, 15) is 4.79 Å². The van der Waals surface area contributed by atoms with Crippen molar-refractivity contribution in [2.24, 2.45) is 5.73 Å². The molecule has 0 radical (unpaired) electrons. The van der Waals surface area contributed by atoms with Crippen molar-refractivity contribution in [1.82, 2.24) is 9.88 Å². The largest absolute Gasteiger partial charge is 0.361 e. The van der Waals surface area contributed by atoms with Crippen molar-refractivity contribution in [3.05, 3.63) is 48.7 Å². The second kappa shape index (κ2) is 5.71. The highest BCUT2D eigenvalue weighted by Crippen LogP contribution is 2.18. The molecule has 0 aliphatic carbocycles. The number of nitrogens with one attached hydrogen (secondary N) is 1. The molecule has 1 heterocycles. The number of likely N-dealkylation sites (N-methyl/N-ethyl adjacent to an activating group) is 1. The number of aromatic amines is 1. The van der Waals surface area contributed by atoms with Crippen molar-refractivity contribution >= 4 is 16.8 Å². The maximum atomic E-state index is 12.0. The molecule has 3 N–H and O–H groups in total. The van der Waals surface area contributed by atoms with E-state index in [1.807, 2.05) is 30.5 Å². The van der Waals surface area contributed by atoms with Crippen molar-refractivity contribution in [2.45, 2.75) is 12.5 Å². The van der Waals surface area contributed by atoms with Crippen LogP contribution in [0.2, 0.25) is 0 Å². The van der Waals surface area contributed by atoms with Crippen LogP contribution in [0.4, 0.5) is 0 Å². The van der Waals surface area contributed by atoms with Crippen molar-refractivity contribution in [2.75, 3.05) is 13.6 Å². The third kappa shape index (κ3) is 2.85. The number of hydrogen-bond donors (Lipinski definition) is 2. The Kier molecular flexibility index (Phi) is 4.02. The van der Waals surface area contributed by atoms with Crippen LogP contribution in [0, 0.1) is 0 Å². The SMILES string of the molecule is C=CCN(C)C(=O)[C@H](N)Cc1c[nH]c2ccccc12. The maximum Gasteiger partial charge on any atom is 0.239 e. The Bertz CT molecular complexity index is 588. The Hall–Kier alpha value is -2.07. The predicted molar refractivity (Wildman–Crippen MR) is 77.8 cm³/mol. The number of carbonyl (C=O) groups excluding carboxylic acids is 1. The molecule has 0 saturated heterocycles. The van der Waals surface area contributed by atoms with Gasteiger partial charge in [-0.25, -0.2) is 0 Å². The van der Waals surface area contributed by atoms with Crippen molar-refractivity contribution < 1.29 is 4.79 Å². The lowest BCUT2D eigenvalue weighted by atomic mass is 10.0. The lowest BCUT2D eigenvalue weighted by Crippen LogP contribution is -2.43. The Labute approximate surface area is 112 Å². The molecule has 2 rings (SSSR count). The Morgan fingerprint density at radius 2 is 2.26 bits per heavy atom. The van der Waals surface area contributed by atoms with Crippen LogP contribution < -0.4 is 5.73 Å². The Morgan fingerprint density at radius 3 is 3.00 bits per heavy atom. The monoisotopic (exact) mass is 257 g/mol. The molecule has 4 heteroatoms. The summed E-state index contributed by atoms with van der Waals surface area (Å²) in [6.45, 7) is 4.13. The molecule has 0 fully saturated rings. The topological polar surface area (TPSA) is 62.1 Å². The van der Waals surface area contributed by atoms with Gasteiger partial charge in [-0.1, -0.05) is 24.3 Å². The van der Waals surface area contributed by atoms with Crippen LogP contribution in [0.3, 0.4) is 0 Å². The molecule has 0 unspecified atom stereocenters. The molecule has 0 spiro atoms. The summed E-state index contributed by atoms with van der Waals surface area (Å²) in [4.78, 5) is 16.8. The summed E-state index contributed by atoms with van der Waals surface area (Å²) in [6.07, 6.45) is 4.14. The number of H-pyrrole nitrogens is 1. The zero-order valence-corrected chi connectivity index (χ0v) is 11.1. The molecule has 0 aliphatic heterocycles. The number of carbonyl (C=O) groups is 1. The van der Waals surface area contributed by atoms with Crippen molar-refractivity contribution in [1.29, 1.82) is 0 Å². The number of nitrogens with two attached hydrogens (primary N) is 1. The summed E-state index contributed by atoms with van der Waals surface area (Å²) in [6, 6.07) is 7.48. The summed E-state index contributed by atoms with van der Waals surface area (Å²) in [5, 5.41) is 1.12. The predicted octanol–water partition coefficient (Wildman–Crippen LogP) is 1.68. The minimum Gasteiger partial charge on any atom is -0.361 e. The highest BCUT2D eigenvalue weighted by atomic mass is 16.2. The van der Waals surface area contributed by atoms with Crippen LogP contribution in [0.5, 0.6) is 0 Å². The van der Waals surface area contributed by atoms with E-state index in [2.05, 4.69) is 11.6 Å². The number of benzene rings is 1. The van der Waals surface area contributed by atoms with Gasteiger partial charge < -0.3 is 15.6 Å². The molecule has 2 aromatic rings. The summed E-state index contributed by atoms with van der Waals surface area (Å²) in [5.41, 5.74) is 8.13. The van der Waals surface area contributed by atoms with E-state index in [0.717, 1.165) is 16.5 Å². The molecular formula is C15H19N3O. The molecule has 1 amide bonds. The van der Waals surface area contributed by atoms with E-state index in [-0.39, 0.29) is 5.91 Å². The Morgan fingerprint density at radius 1 is 1.53 bits per heavy atom. The summed E-state index contributed by atoms with van der Waals surface area (Å²) >= 11 is 0. The van der Waals surface area contributed by atoms with Gasteiger partial charge in [0.15, 0.2) is 0 Å². The molecule has 4 nitrogen and oxygen atoms in total. The lowest BCUT2D eigenvalue weighted by Gasteiger charge is -2.19. The quantitative estimate of drug-likeness (QED) is 0.801. The first-order valence-electron chi connectivity index (χ1n) is 6.30. The fourth-order valence-corrected chi connectivity index (χ4v) is 2.19. The lowest BCUT2D eigenvalue weighted by molar-refractivity contribution is -0.130. The van der Waals surface area contributed by atoms with Gasteiger partial charge in [-0.15, -0.1) is 6.58 Å². The molecule has 0 aliphatic rings. The van der Waals surface area contributed by atoms with Crippen LogP contribution in [0.25, 0.3) is 10.9 Å². The third-order valence-electron chi connectivity index (χ3n) is 3.21. The van der Waals surface area contributed by atoms with Crippen LogP contribution in [0.1, 0.15) is 5.56 Å². The van der Waals surface area contributed by atoms with E-state index in [0.29, 0.717) is 13.0 Å². The average Bonchev–Trinajstić information content (AvgIpc) is 2.81. The van der Waals surface area contributed by atoms with Gasteiger partial charge in [0, 0.05) is 30.7 Å². The molecule has 0 saturated carbocycles. The second-order valence-corrected chi connectivity index (χ2v) is 4.68. The Balaban J connectivity index is 2.12. The summed E-state index contributed by atoms with van der Waals surface area (Å²) in [7, 11) is 1.74. The zero-order chi connectivity index (χ0) is 13.8. The second-order valence-electron chi connectivity index (χ2n) is 4.68. The van der Waals surface area contributed by atoms with Crippen LogP contribution in [0.15, 0.2) is 43.1 Å². The minimum atomic E-state index is -0.524. The van der Waals surface area contributed by atoms with Gasteiger partial charge in [0.2, 0.25) is 5.91 Å². The molecule has 100 valence electrons.